The number of hydrogen-bond acceptors (Lipinski definition) is 3. The van der Waals surface area contributed by atoms with Crippen LogP contribution >= 0.6 is 11.6 Å². The first-order valence-corrected chi connectivity index (χ1v) is 8.01. The monoisotopic (exact) mass is 321 g/mol. The average molecular weight is 322 g/mol. The third-order valence-electron chi connectivity index (χ3n) is 3.74. The minimum Gasteiger partial charge on any atom is -0.392 e. The number of nitrogens with zero attached hydrogens (tertiary/aromatic N) is 2. The van der Waals surface area contributed by atoms with E-state index in [0.29, 0.717) is 11.1 Å². The smallest absolute Gasteiger partial charge is 0.131 e. The molecule has 0 bridgehead atoms. The molecule has 1 aromatic carbocycles. The Bertz CT molecular complexity index is 605. The van der Waals surface area contributed by atoms with Crippen LogP contribution in [0.5, 0.6) is 0 Å². The highest BCUT2D eigenvalue weighted by molar-refractivity contribution is 6.30. The number of halogens is 1. The molecular formula is C17H24ClN3O. The van der Waals surface area contributed by atoms with Gasteiger partial charge in [0, 0.05) is 19.2 Å². The van der Waals surface area contributed by atoms with Gasteiger partial charge in [-0.1, -0.05) is 49.7 Å². The highest BCUT2D eigenvalue weighted by Crippen LogP contribution is 2.24. The van der Waals surface area contributed by atoms with Crippen molar-refractivity contribution in [2.24, 2.45) is 7.05 Å². The highest BCUT2D eigenvalue weighted by atomic mass is 35.5. The van der Waals surface area contributed by atoms with E-state index in [1.54, 1.807) is 4.68 Å². The van der Waals surface area contributed by atoms with Crippen LogP contribution in [-0.4, -0.2) is 21.4 Å². The molecular weight excluding hydrogens is 298 g/mol. The van der Waals surface area contributed by atoms with Crippen LogP contribution in [0.1, 0.15) is 42.1 Å². The van der Waals surface area contributed by atoms with E-state index in [1.807, 2.05) is 19.2 Å². The topological polar surface area (TPSA) is 50.1 Å². The Balaban J connectivity index is 1.88. The molecule has 0 unspecified atom stereocenters. The van der Waals surface area contributed by atoms with Gasteiger partial charge in [0.05, 0.1) is 12.3 Å². The SMILES string of the molecule is CC(C)c1nn(C)c(Cl)c1CNCCc1ccc(CO)cc1. The minimum atomic E-state index is 0.0933. The summed E-state index contributed by atoms with van der Waals surface area (Å²) in [6, 6.07) is 8.04. The fourth-order valence-corrected chi connectivity index (χ4v) is 2.65. The Kier molecular flexibility index (Phi) is 6.00. The van der Waals surface area contributed by atoms with Gasteiger partial charge >= 0.3 is 0 Å². The second-order valence-corrected chi connectivity index (χ2v) is 6.19. The van der Waals surface area contributed by atoms with Gasteiger partial charge in [0.15, 0.2) is 0 Å². The largest absolute Gasteiger partial charge is 0.392 e. The van der Waals surface area contributed by atoms with E-state index in [0.717, 1.165) is 36.3 Å². The summed E-state index contributed by atoms with van der Waals surface area (Å²) < 4.78 is 1.74. The van der Waals surface area contributed by atoms with Crippen LogP contribution in [0.4, 0.5) is 0 Å². The van der Waals surface area contributed by atoms with Crippen molar-refractivity contribution in [1.29, 1.82) is 0 Å². The molecule has 0 radical (unpaired) electrons. The van der Waals surface area contributed by atoms with E-state index in [1.165, 1.54) is 5.56 Å². The summed E-state index contributed by atoms with van der Waals surface area (Å²) in [4.78, 5) is 0. The first-order valence-electron chi connectivity index (χ1n) is 7.63. The second-order valence-electron chi connectivity index (χ2n) is 5.83. The van der Waals surface area contributed by atoms with Crippen molar-refractivity contribution in [3.05, 3.63) is 51.8 Å². The maximum Gasteiger partial charge on any atom is 0.131 e. The average Bonchev–Trinajstić information content (AvgIpc) is 2.80. The lowest BCUT2D eigenvalue weighted by Crippen LogP contribution is -2.17. The Morgan fingerprint density at radius 2 is 1.86 bits per heavy atom. The molecule has 0 atom stereocenters. The van der Waals surface area contributed by atoms with Crippen LogP contribution in [0.15, 0.2) is 24.3 Å². The van der Waals surface area contributed by atoms with Crippen LogP contribution in [0.25, 0.3) is 0 Å². The summed E-state index contributed by atoms with van der Waals surface area (Å²) in [6.45, 7) is 5.96. The molecule has 22 heavy (non-hydrogen) atoms. The third-order valence-corrected chi connectivity index (χ3v) is 4.22. The number of aromatic nitrogens is 2. The van der Waals surface area contributed by atoms with Gasteiger partial charge in [0.25, 0.3) is 0 Å². The Morgan fingerprint density at radius 3 is 2.45 bits per heavy atom. The normalized spacial score (nSPS) is 11.4. The molecule has 5 heteroatoms. The predicted molar refractivity (Wildman–Crippen MR) is 90.1 cm³/mol. The number of aryl methyl sites for hydroxylation is 1. The molecule has 0 saturated heterocycles. The molecule has 0 amide bonds. The van der Waals surface area contributed by atoms with E-state index in [9.17, 15) is 0 Å². The lowest BCUT2D eigenvalue weighted by Gasteiger charge is -2.08. The molecule has 1 heterocycles. The molecule has 0 fully saturated rings. The van der Waals surface area contributed by atoms with Crippen LogP contribution in [0, 0.1) is 0 Å². The number of nitrogens with one attached hydrogen (secondary N) is 1. The molecule has 0 spiro atoms. The standard InChI is InChI=1S/C17H24ClN3O/c1-12(2)16-15(17(18)21(3)20-16)10-19-9-8-13-4-6-14(11-22)7-5-13/h4-7,12,19,22H,8-11H2,1-3H3. The number of aliphatic hydroxyl groups is 1. The van der Waals surface area contributed by atoms with E-state index >= 15 is 0 Å². The molecule has 2 aromatic rings. The summed E-state index contributed by atoms with van der Waals surface area (Å²) in [7, 11) is 1.88. The summed E-state index contributed by atoms with van der Waals surface area (Å²) in [5.74, 6) is 0.363. The zero-order valence-corrected chi connectivity index (χ0v) is 14.2. The van der Waals surface area contributed by atoms with Crippen molar-refractivity contribution in [3.63, 3.8) is 0 Å². The Morgan fingerprint density at radius 1 is 1.23 bits per heavy atom. The van der Waals surface area contributed by atoms with Gasteiger partial charge < -0.3 is 10.4 Å². The van der Waals surface area contributed by atoms with Gasteiger partial charge in [0.2, 0.25) is 0 Å². The molecule has 4 nitrogen and oxygen atoms in total. The number of aliphatic hydroxyl groups excluding tert-OH is 1. The van der Waals surface area contributed by atoms with Crippen LogP contribution in [0.2, 0.25) is 5.15 Å². The molecule has 0 aliphatic carbocycles. The van der Waals surface area contributed by atoms with E-state index in [-0.39, 0.29) is 6.61 Å². The van der Waals surface area contributed by atoms with Gasteiger partial charge in [-0.15, -0.1) is 0 Å². The quantitative estimate of drug-likeness (QED) is 0.771. The van der Waals surface area contributed by atoms with Crippen molar-refractivity contribution < 1.29 is 5.11 Å². The maximum absolute atomic E-state index is 9.03. The van der Waals surface area contributed by atoms with Crippen molar-refractivity contribution in [2.45, 2.75) is 39.3 Å². The fraction of sp³-hybridized carbons (Fsp3) is 0.471. The molecule has 2 N–H and O–H groups in total. The van der Waals surface area contributed by atoms with Crippen molar-refractivity contribution >= 4 is 11.6 Å². The number of rotatable bonds is 7. The predicted octanol–water partition coefficient (Wildman–Crippen LogP) is 3.02. The second kappa shape index (κ2) is 7.77. The molecule has 2 rings (SSSR count). The van der Waals surface area contributed by atoms with E-state index in [4.69, 9.17) is 16.7 Å². The Hall–Kier alpha value is -1.36. The lowest BCUT2D eigenvalue weighted by atomic mass is 10.1. The van der Waals surface area contributed by atoms with Crippen LogP contribution in [-0.2, 0) is 26.6 Å². The molecule has 0 saturated carbocycles. The maximum atomic E-state index is 9.03. The van der Waals surface area contributed by atoms with Crippen molar-refractivity contribution in [1.82, 2.24) is 15.1 Å². The summed E-state index contributed by atoms with van der Waals surface area (Å²) in [5.41, 5.74) is 4.36. The van der Waals surface area contributed by atoms with Gasteiger partial charge in [-0.25, -0.2) is 0 Å². The molecule has 1 aromatic heterocycles. The van der Waals surface area contributed by atoms with Crippen molar-refractivity contribution in [2.75, 3.05) is 6.54 Å². The van der Waals surface area contributed by atoms with Gasteiger partial charge in [-0.05, 0) is 30.0 Å². The van der Waals surface area contributed by atoms with Crippen LogP contribution in [0.3, 0.4) is 0 Å². The third kappa shape index (κ3) is 4.09. The number of hydrogen-bond donors (Lipinski definition) is 2. The first-order chi connectivity index (χ1) is 10.5. The highest BCUT2D eigenvalue weighted by Gasteiger charge is 2.16. The lowest BCUT2D eigenvalue weighted by molar-refractivity contribution is 0.282. The zero-order chi connectivity index (χ0) is 16.1. The van der Waals surface area contributed by atoms with Gasteiger partial charge in [0.1, 0.15) is 5.15 Å². The summed E-state index contributed by atoms with van der Waals surface area (Å²) in [6.07, 6.45) is 0.945. The number of benzene rings is 1. The van der Waals surface area contributed by atoms with Crippen molar-refractivity contribution in [3.8, 4) is 0 Å². The molecule has 120 valence electrons. The molecule has 0 aliphatic rings. The summed E-state index contributed by atoms with van der Waals surface area (Å²) in [5, 5.41) is 17.7. The van der Waals surface area contributed by atoms with Crippen LogP contribution < -0.4 is 5.32 Å². The Labute approximate surface area is 137 Å². The molecule has 0 aliphatic heterocycles. The zero-order valence-electron chi connectivity index (χ0n) is 13.4. The van der Waals surface area contributed by atoms with E-state index < -0.39 is 0 Å². The van der Waals surface area contributed by atoms with E-state index in [2.05, 4.69) is 36.4 Å². The summed E-state index contributed by atoms with van der Waals surface area (Å²) >= 11 is 6.32. The van der Waals surface area contributed by atoms with Gasteiger partial charge in [-0.2, -0.15) is 5.10 Å². The fourth-order valence-electron chi connectivity index (χ4n) is 2.45. The minimum absolute atomic E-state index is 0.0933. The van der Waals surface area contributed by atoms with Gasteiger partial charge in [-0.3, -0.25) is 4.68 Å². The first kappa shape index (κ1) is 17.0.